The van der Waals surface area contributed by atoms with Gasteiger partial charge < -0.3 is 24.2 Å². The summed E-state index contributed by atoms with van der Waals surface area (Å²) in [4.78, 5) is 28.5. The summed E-state index contributed by atoms with van der Waals surface area (Å²) >= 11 is 0. The Bertz CT molecular complexity index is 1480. The lowest BCUT2D eigenvalue weighted by molar-refractivity contribution is -0.124. The fraction of sp³-hybridized carbons (Fsp3) is 0.333. The molecule has 0 spiro atoms. The van der Waals surface area contributed by atoms with Crippen LogP contribution in [0, 0.1) is 0 Å². The minimum atomic E-state index is -0.265. The Morgan fingerprint density at radius 3 is 2.74 bits per heavy atom. The number of fused-ring (bicyclic) bond motifs is 6. The normalized spacial score (nSPS) is 16.9. The second kappa shape index (κ2) is 8.24. The fourth-order valence-corrected chi connectivity index (χ4v) is 5.45. The molecule has 0 radical (unpaired) electrons. The van der Waals surface area contributed by atoms with E-state index in [-0.39, 0.29) is 24.2 Å². The molecule has 1 amide bonds. The smallest absolute Gasteiger partial charge is 0.339 e. The number of methoxy groups -OCH3 is 1. The summed E-state index contributed by atoms with van der Waals surface area (Å²) in [7, 11) is 1.67. The van der Waals surface area contributed by atoms with E-state index in [0.717, 1.165) is 77.4 Å². The summed E-state index contributed by atoms with van der Waals surface area (Å²) < 4.78 is 16.6. The maximum atomic E-state index is 12.7. The van der Waals surface area contributed by atoms with E-state index in [1.807, 2.05) is 30.3 Å². The zero-order valence-electron chi connectivity index (χ0n) is 19.0. The molecule has 0 bridgehead atoms. The maximum Gasteiger partial charge on any atom is 0.339 e. The van der Waals surface area contributed by atoms with Crippen LogP contribution in [-0.4, -0.2) is 24.6 Å². The van der Waals surface area contributed by atoms with Crippen LogP contribution in [0.2, 0.25) is 0 Å². The molecule has 0 fully saturated rings. The first-order valence-corrected chi connectivity index (χ1v) is 11.8. The number of nitrogens with one attached hydrogen (secondary N) is 2. The Kier molecular flexibility index (Phi) is 5.05. The number of rotatable bonds is 5. The number of aryl methyl sites for hydroxylation is 2. The molecule has 1 atom stereocenters. The van der Waals surface area contributed by atoms with Crippen molar-refractivity contribution in [2.75, 3.05) is 13.7 Å². The number of amides is 1. The van der Waals surface area contributed by atoms with Crippen molar-refractivity contribution in [2.45, 2.75) is 44.6 Å². The Hall–Kier alpha value is -3.74. The molecule has 2 N–H and O–H groups in total. The molecule has 2 aromatic heterocycles. The highest BCUT2D eigenvalue weighted by Gasteiger charge is 2.26. The zero-order chi connectivity index (χ0) is 23.2. The molecule has 4 aromatic rings. The van der Waals surface area contributed by atoms with Gasteiger partial charge in [-0.25, -0.2) is 4.79 Å². The first-order valence-electron chi connectivity index (χ1n) is 11.8. The summed E-state index contributed by atoms with van der Waals surface area (Å²) in [6.07, 6.45) is 5.48. The van der Waals surface area contributed by atoms with Gasteiger partial charge in [-0.2, -0.15) is 0 Å². The monoisotopic (exact) mass is 458 g/mol. The standard InChI is InChI=1S/C27H26N2O5/c1-32-15-9-11-22-21(12-15)19-5-3-7-23(26(19)29-22)28-25(30)14-33-16-8-10-18-17-4-2-6-20(17)27(31)34-24(18)13-16/h8-13,23,29H,2-7,14H2,1H3,(H,28,30). The summed E-state index contributed by atoms with van der Waals surface area (Å²) in [5, 5.41) is 5.22. The van der Waals surface area contributed by atoms with Crippen LogP contribution in [0.3, 0.4) is 0 Å². The van der Waals surface area contributed by atoms with Gasteiger partial charge in [0, 0.05) is 33.6 Å². The fourth-order valence-electron chi connectivity index (χ4n) is 5.45. The number of benzene rings is 2. The average molecular weight is 459 g/mol. The summed E-state index contributed by atoms with van der Waals surface area (Å²) in [5.41, 5.74) is 5.47. The second-order valence-electron chi connectivity index (χ2n) is 9.09. The van der Waals surface area contributed by atoms with E-state index in [4.69, 9.17) is 13.9 Å². The Morgan fingerprint density at radius 1 is 1.03 bits per heavy atom. The molecular formula is C27H26N2O5. The van der Waals surface area contributed by atoms with Crippen molar-refractivity contribution in [1.82, 2.24) is 10.3 Å². The van der Waals surface area contributed by atoms with Gasteiger partial charge >= 0.3 is 5.63 Å². The third-order valence-electron chi connectivity index (χ3n) is 7.06. The Labute approximate surface area is 196 Å². The largest absolute Gasteiger partial charge is 0.497 e. The molecule has 0 saturated carbocycles. The molecule has 7 nitrogen and oxygen atoms in total. The van der Waals surface area contributed by atoms with Gasteiger partial charge in [0.05, 0.1) is 13.2 Å². The van der Waals surface area contributed by atoms with Crippen molar-refractivity contribution in [3.8, 4) is 11.5 Å². The van der Waals surface area contributed by atoms with E-state index in [1.54, 1.807) is 13.2 Å². The highest BCUT2D eigenvalue weighted by atomic mass is 16.5. The Balaban J connectivity index is 1.17. The van der Waals surface area contributed by atoms with E-state index in [9.17, 15) is 9.59 Å². The quantitative estimate of drug-likeness (QED) is 0.434. The molecule has 2 aliphatic rings. The van der Waals surface area contributed by atoms with Crippen LogP contribution < -0.4 is 20.4 Å². The summed E-state index contributed by atoms with van der Waals surface area (Å²) in [6.45, 7) is -0.111. The lowest BCUT2D eigenvalue weighted by Gasteiger charge is -2.24. The molecule has 0 aliphatic heterocycles. The third-order valence-corrected chi connectivity index (χ3v) is 7.06. The SMILES string of the molecule is COc1ccc2[nH]c3c(c2c1)CCCC3NC(=O)COc1ccc2c3c(c(=O)oc2c1)CCC3. The zero-order valence-corrected chi connectivity index (χ0v) is 19.0. The highest BCUT2D eigenvalue weighted by molar-refractivity contribution is 5.87. The van der Waals surface area contributed by atoms with Crippen molar-refractivity contribution >= 4 is 27.8 Å². The Morgan fingerprint density at radius 2 is 1.85 bits per heavy atom. The lowest BCUT2D eigenvalue weighted by Crippen LogP contribution is -2.34. The van der Waals surface area contributed by atoms with Crippen molar-refractivity contribution in [3.05, 3.63) is 69.2 Å². The van der Waals surface area contributed by atoms with E-state index < -0.39 is 0 Å². The molecule has 34 heavy (non-hydrogen) atoms. The van der Waals surface area contributed by atoms with E-state index in [1.165, 1.54) is 5.56 Å². The van der Waals surface area contributed by atoms with E-state index in [0.29, 0.717) is 11.3 Å². The number of ether oxygens (including phenoxy) is 2. The maximum absolute atomic E-state index is 12.7. The van der Waals surface area contributed by atoms with Crippen molar-refractivity contribution in [3.63, 3.8) is 0 Å². The number of carbonyl (C=O) groups is 1. The van der Waals surface area contributed by atoms with Gasteiger partial charge in [-0.1, -0.05) is 0 Å². The molecule has 1 unspecified atom stereocenters. The number of carbonyl (C=O) groups excluding carboxylic acids is 1. The number of aromatic amines is 1. The topological polar surface area (TPSA) is 93.6 Å². The van der Waals surface area contributed by atoms with Gasteiger partial charge in [0.1, 0.15) is 17.1 Å². The molecule has 2 aliphatic carbocycles. The van der Waals surface area contributed by atoms with Crippen molar-refractivity contribution in [2.24, 2.45) is 0 Å². The highest BCUT2D eigenvalue weighted by Crippen LogP contribution is 2.36. The van der Waals surface area contributed by atoms with Gasteiger partial charge in [0.25, 0.3) is 5.91 Å². The molecule has 2 heterocycles. The number of H-pyrrole nitrogens is 1. The van der Waals surface area contributed by atoms with Gasteiger partial charge in [0.2, 0.25) is 0 Å². The minimum absolute atomic E-state index is 0.0875. The van der Waals surface area contributed by atoms with Gasteiger partial charge in [0.15, 0.2) is 6.61 Å². The van der Waals surface area contributed by atoms with Crippen LogP contribution in [0.25, 0.3) is 21.9 Å². The van der Waals surface area contributed by atoms with Crippen LogP contribution in [0.1, 0.15) is 47.7 Å². The van der Waals surface area contributed by atoms with E-state index in [2.05, 4.69) is 10.3 Å². The average Bonchev–Trinajstić information content (AvgIpc) is 3.48. The van der Waals surface area contributed by atoms with Crippen LogP contribution in [0.5, 0.6) is 11.5 Å². The minimum Gasteiger partial charge on any atom is -0.497 e. The first-order chi connectivity index (χ1) is 16.6. The summed E-state index contributed by atoms with van der Waals surface area (Å²) in [5.74, 6) is 1.14. The molecule has 0 saturated heterocycles. The van der Waals surface area contributed by atoms with Gasteiger partial charge in [-0.3, -0.25) is 4.79 Å². The number of hydrogen-bond acceptors (Lipinski definition) is 5. The number of aromatic nitrogens is 1. The molecule has 2 aromatic carbocycles. The predicted molar refractivity (Wildman–Crippen MR) is 129 cm³/mol. The molecule has 7 heteroatoms. The molecule has 6 rings (SSSR count). The van der Waals surface area contributed by atoms with Crippen LogP contribution in [0.15, 0.2) is 45.6 Å². The van der Waals surface area contributed by atoms with Crippen LogP contribution in [-0.2, 0) is 24.1 Å². The van der Waals surface area contributed by atoms with Crippen molar-refractivity contribution in [1.29, 1.82) is 0 Å². The van der Waals surface area contributed by atoms with Crippen molar-refractivity contribution < 1.29 is 18.7 Å². The third kappa shape index (κ3) is 3.52. The van der Waals surface area contributed by atoms with E-state index >= 15 is 0 Å². The summed E-state index contributed by atoms with van der Waals surface area (Å²) in [6, 6.07) is 11.4. The lowest BCUT2D eigenvalue weighted by atomic mass is 9.91. The molecular weight excluding hydrogens is 432 g/mol. The van der Waals surface area contributed by atoms with Gasteiger partial charge in [-0.15, -0.1) is 0 Å². The number of hydrogen-bond donors (Lipinski definition) is 2. The first kappa shape index (κ1) is 20.8. The van der Waals surface area contributed by atoms with Crippen LogP contribution in [0.4, 0.5) is 0 Å². The predicted octanol–water partition coefficient (Wildman–Crippen LogP) is 4.34. The van der Waals surface area contributed by atoms with Crippen LogP contribution >= 0.6 is 0 Å². The van der Waals surface area contributed by atoms with Gasteiger partial charge in [-0.05, 0) is 80.0 Å². The molecule has 174 valence electrons. The second-order valence-corrected chi connectivity index (χ2v) is 9.09.